The maximum atomic E-state index is 11.8. The topological polar surface area (TPSA) is 115 Å². The fourth-order valence-electron chi connectivity index (χ4n) is 1.81. The maximum absolute atomic E-state index is 11.8. The number of aromatic nitrogens is 1. The van der Waals surface area contributed by atoms with Gasteiger partial charge in [0.1, 0.15) is 11.9 Å². The van der Waals surface area contributed by atoms with Crippen molar-refractivity contribution in [1.29, 1.82) is 0 Å². The van der Waals surface area contributed by atoms with E-state index in [4.69, 9.17) is 4.74 Å². The number of benzene rings is 1. The first-order valence-corrected chi connectivity index (χ1v) is 7.05. The van der Waals surface area contributed by atoms with Crippen LogP contribution in [0.2, 0.25) is 0 Å². The molecule has 0 atom stereocenters. The number of nitrogens with one attached hydrogen (secondary N) is 1. The zero-order valence-electron chi connectivity index (χ0n) is 12.8. The van der Waals surface area contributed by atoms with Crippen LogP contribution in [0.15, 0.2) is 42.6 Å². The molecule has 0 saturated carbocycles. The van der Waals surface area contributed by atoms with Gasteiger partial charge in [0.2, 0.25) is 5.91 Å². The molecule has 2 N–H and O–H groups in total. The normalized spacial score (nSPS) is 10.5. The molecule has 2 rings (SSSR count). The van der Waals surface area contributed by atoms with Crippen LogP contribution in [-0.4, -0.2) is 27.5 Å². The molecular weight excluding hydrogens is 314 g/mol. The number of rotatable bonds is 6. The molecule has 8 heteroatoms. The van der Waals surface area contributed by atoms with E-state index in [2.05, 4.69) is 10.3 Å². The molecule has 124 valence electrons. The summed E-state index contributed by atoms with van der Waals surface area (Å²) in [6, 6.07) is 8.06. The highest BCUT2D eigenvalue weighted by molar-refractivity contribution is 6.02. The van der Waals surface area contributed by atoms with Crippen LogP contribution in [0.1, 0.15) is 12.5 Å². The lowest BCUT2D eigenvalue weighted by atomic mass is 10.2. The third-order valence-corrected chi connectivity index (χ3v) is 2.92. The fourth-order valence-corrected chi connectivity index (χ4v) is 1.81. The number of aromatic hydroxyl groups is 1. The summed E-state index contributed by atoms with van der Waals surface area (Å²) in [4.78, 5) is 25.3. The van der Waals surface area contributed by atoms with Crippen LogP contribution in [0.3, 0.4) is 0 Å². The number of anilines is 1. The number of nitro groups is 1. The molecule has 1 amide bonds. The molecule has 0 radical (unpaired) electrons. The Morgan fingerprint density at radius 1 is 1.42 bits per heavy atom. The van der Waals surface area contributed by atoms with E-state index < -0.39 is 16.6 Å². The van der Waals surface area contributed by atoms with E-state index in [-0.39, 0.29) is 11.5 Å². The largest absolute Gasteiger partial charge is 0.504 e. The van der Waals surface area contributed by atoms with Gasteiger partial charge < -0.3 is 15.2 Å². The standard InChI is InChI=1S/C16H15N3O5/c1-2-24-13-6-3-11(4-7-13)5-8-15(21)18-16-14(20)9-12(10-17-16)19(22)23/h3-10,20H,2H2,1H3,(H,17,18,21)/b8-5+. The van der Waals surface area contributed by atoms with Crippen molar-refractivity contribution in [2.75, 3.05) is 11.9 Å². The minimum atomic E-state index is -0.690. The lowest BCUT2D eigenvalue weighted by molar-refractivity contribution is -0.385. The van der Waals surface area contributed by atoms with Crippen molar-refractivity contribution >= 4 is 23.5 Å². The third-order valence-electron chi connectivity index (χ3n) is 2.92. The molecule has 1 aromatic carbocycles. The summed E-state index contributed by atoms with van der Waals surface area (Å²) in [5.74, 6) is -0.423. The van der Waals surface area contributed by atoms with Gasteiger partial charge in [-0.05, 0) is 30.7 Å². The van der Waals surface area contributed by atoms with E-state index in [0.717, 1.165) is 23.6 Å². The minimum absolute atomic E-state index is 0.151. The molecule has 2 aromatic rings. The van der Waals surface area contributed by atoms with Crippen molar-refractivity contribution in [2.24, 2.45) is 0 Å². The van der Waals surface area contributed by atoms with Gasteiger partial charge in [-0.15, -0.1) is 0 Å². The van der Waals surface area contributed by atoms with Gasteiger partial charge in [-0.2, -0.15) is 0 Å². The third kappa shape index (κ3) is 4.54. The Kier molecular flexibility index (Phi) is 5.45. The van der Waals surface area contributed by atoms with Gasteiger partial charge in [0.15, 0.2) is 11.6 Å². The van der Waals surface area contributed by atoms with Crippen LogP contribution < -0.4 is 10.1 Å². The Bertz CT molecular complexity index is 772. The molecule has 0 bridgehead atoms. The van der Waals surface area contributed by atoms with E-state index >= 15 is 0 Å². The van der Waals surface area contributed by atoms with Gasteiger partial charge in [-0.25, -0.2) is 4.98 Å². The smallest absolute Gasteiger partial charge is 0.291 e. The van der Waals surface area contributed by atoms with Gasteiger partial charge in [0, 0.05) is 6.08 Å². The zero-order valence-corrected chi connectivity index (χ0v) is 12.8. The van der Waals surface area contributed by atoms with E-state index in [9.17, 15) is 20.0 Å². The Hall–Kier alpha value is -3.42. The minimum Gasteiger partial charge on any atom is -0.504 e. The van der Waals surface area contributed by atoms with E-state index in [1.807, 2.05) is 6.92 Å². The molecule has 24 heavy (non-hydrogen) atoms. The van der Waals surface area contributed by atoms with Crippen LogP contribution in [-0.2, 0) is 4.79 Å². The van der Waals surface area contributed by atoms with Crippen LogP contribution in [0.4, 0.5) is 11.5 Å². The lowest BCUT2D eigenvalue weighted by Gasteiger charge is -2.04. The van der Waals surface area contributed by atoms with Crippen molar-refractivity contribution in [2.45, 2.75) is 6.92 Å². The molecule has 8 nitrogen and oxygen atoms in total. The summed E-state index contributed by atoms with van der Waals surface area (Å²) in [5, 5.41) is 22.5. The molecule has 0 aliphatic heterocycles. The van der Waals surface area contributed by atoms with Gasteiger partial charge in [0.05, 0.1) is 17.6 Å². The average Bonchev–Trinajstić information content (AvgIpc) is 2.56. The second kappa shape index (κ2) is 7.73. The Morgan fingerprint density at radius 2 is 2.12 bits per heavy atom. The number of amides is 1. The lowest BCUT2D eigenvalue weighted by Crippen LogP contribution is -2.09. The van der Waals surface area contributed by atoms with Crippen LogP contribution in [0.5, 0.6) is 11.5 Å². The molecule has 1 heterocycles. The van der Waals surface area contributed by atoms with Gasteiger partial charge in [-0.1, -0.05) is 12.1 Å². The summed E-state index contributed by atoms with van der Waals surface area (Å²) < 4.78 is 5.32. The molecular formula is C16H15N3O5. The molecule has 0 saturated heterocycles. The highest BCUT2D eigenvalue weighted by Gasteiger charge is 2.12. The average molecular weight is 329 g/mol. The summed E-state index contributed by atoms with van der Waals surface area (Å²) in [6.45, 7) is 2.46. The molecule has 0 unspecified atom stereocenters. The molecule has 0 fully saturated rings. The fraction of sp³-hybridized carbons (Fsp3) is 0.125. The molecule has 0 aliphatic rings. The Balaban J connectivity index is 2.01. The zero-order chi connectivity index (χ0) is 17.5. The predicted molar refractivity (Wildman–Crippen MR) is 87.8 cm³/mol. The van der Waals surface area contributed by atoms with Crippen molar-refractivity contribution in [3.63, 3.8) is 0 Å². The van der Waals surface area contributed by atoms with E-state index in [0.29, 0.717) is 6.61 Å². The quantitative estimate of drug-likeness (QED) is 0.478. The summed E-state index contributed by atoms with van der Waals surface area (Å²) in [7, 11) is 0. The SMILES string of the molecule is CCOc1ccc(/C=C/C(=O)Nc2ncc([N+](=O)[O-])cc2O)cc1. The first-order chi connectivity index (χ1) is 11.5. The highest BCUT2D eigenvalue weighted by Crippen LogP contribution is 2.24. The van der Waals surface area contributed by atoms with Gasteiger partial charge in [0.25, 0.3) is 5.69 Å². The van der Waals surface area contributed by atoms with E-state index in [1.54, 1.807) is 30.3 Å². The molecule has 0 aliphatic carbocycles. The Morgan fingerprint density at radius 3 is 2.71 bits per heavy atom. The molecule has 1 aromatic heterocycles. The monoisotopic (exact) mass is 329 g/mol. The van der Waals surface area contributed by atoms with Gasteiger partial charge in [-0.3, -0.25) is 14.9 Å². The van der Waals surface area contributed by atoms with Crippen LogP contribution >= 0.6 is 0 Å². The number of nitrogens with zero attached hydrogens (tertiary/aromatic N) is 2. The number of carbonyl (C=O) groups excluding carboxylic acids is 1. The van der Waals surface area contributed by atoms with Crippen LogP contribution in [0.25, 0.3) is 6.08 Å². The van der Waals surface area contributed by atoms with Crippen molar-refractivity contribution < 1.29 is 19.6 Å². The predicted octanol–water partition coefficient (Wildman–Crippen LogP) is 2.75. The number of hydrogen-bond acceptors (Lipinski definition) is 6. The summed E-state index contributed by atoms with van der Waals surface area (Å²) in [6.07, 6.45) is 3.79. The summed E-state index contributed by atoms with van der Waals surface area (Å²) in [5.41, 5.74) is 0.421. The maximum Gasteiger partial charge on any atom is 0.291 e. The second-order valence-electron chi connectivity index (χ2n) is 4.64. The summed E-state index contributed by atoms with van der Waals surface area (Å²) >= 11 is 0. The number of hydrogen-bond donors (Lipinski definition) is 2. The number of carbonyl (C=O) groups is 1. The second-order valence-corrected chi connectivity index (χ2v) is 4.64. The van der Waals surface area contributed by atoms with Crippen molar-refractivity contribution in [3.8, 4) is 11.5 Å². The van der Waals surface area contributed by atoms with Crippen LogP contribution in [0, 0.1) is 10.1 Å². The number of ether oxygens (including phenoxy) is 1. The van der Waals surface area contributed by atoms with Crippen molar-refractivity contribution in [3.05, 3.63) is 58.3 Å². The molecule has 0 spiro atoms. The number of pyridine rings is 1. The Labute approximate surface area is 137 Å². The first-order valence-electron chi connectivity index (χ1n) is 7.05. The van der Waals surface area contributed by atoms with E-state index in [1.165, 1.54) is 6.08 Å². The van der Waals surface area contributed by atoms with Gasteiger partial charge >= 0.3 is 0 Å². The highest BCUT2D eigenvalue weighted by atomic mass is 16.6. The van der Waals surface area contributed by atoms with Crippen molar-refractivity contribution in [1.82, 2.24) is 4.98 Å². The first kappa shape index (κ1) is 16.9.